The first-order chi connectivity index (χ1) is 13.0. The minimum Gasteiger partial charge on any atom is -0.335 e. The molecule has 7 heteroatoms. The van der Waals surface area contributed by atoms with E-state index in [1.54, 1.807) is 19.1 Å². The maximum absolute atomic E-state index is 14.1. The lowest BCUT2D eigenvalue weighted by molar-refractivity contribution is 0.102. The van der Waals surface area contributed by atoms with Gasteiger partial charge in [0, 0.05) is 10.0 Å². The normalized spacial score (nSPS) is 10.9. The highest BCUT2D eigenvalue weighted by Crippen LogP contribution is 2.28. The predicted octanol–water partition coefficient (Wildman–Crippen LogP) is 5.35. The second-order valence-corrected chi connectivity index (χ2v) is 6.86. The summed E-state index contributed by atoms with van der Waals surface area (Å²) >= 11 is 3.20. The summed E-state index contributed by atoms with van der Waals surface area (Å²) in [5, 5.41) is 7.03. The molecule has 2 heterocycles. The first kappa shape index (κ1) is 17.4. The van der Waals surface area contributed by atoms with Gasteiger partial charge in [0.1, 0.15) is 5.82 Å². The Hall–Kier alpha value is -3.06. The molecule has 0 bridgehead atoms. The lowest BCUT2D eigenvalue weighted by Gasteiger charge is -2.09. The minimum atomic E-state index is -0.534. The lowest BCUT2D eigenvalue weighted by atomic mass is 10.0. The van der Waals surface area contributed by atoms with Crippen LogP contribution in [0, 0.1) is 12.7 Å². The average Bonchev–Trinajstić information content (AvgIpc) is 3.05. The van der Waals surface area contributed by atoms with Gasteiger partial charge in [0.25, 0.3) is 11.6 Å². The van der Waals surface area contributed by atoms with Crippen molar-refractivity contribution >= 4 is 38.6 Å². The molecular weight excluding hydrogens is 413 g/mol. The smallest absolute Gasteiger partial charge is 0.259 e. The number of carbonyl (C=O) groups is 1. The third kappa shape index (κ3) is 3.33. The number of hydrogen-bond donors (Lipinski definition) is 1. The number of amides is 1. The van der Waals surface area contributed by atoms with E-state index in [9.17, 15) is 9.18 Å². The number of anilines is 1. The lowest BCUT2D eigenvalue weighted by Crippen LogP contribution is -2.14. The fourth-order valence-electron chi connectivity index (χ4n) is 2.81. The van der Waals surface area contributed by atoms with Crippen molar-refractivity contribution in [1.29, 1.82) is 0 Å². The highest BCUT2D eigenvalue weighted by molar-refractivity contribution is 9.10. The first-order valence-corrected chi connectivity index (χ1v) is 8.91. The Balaban J connectivity index is 1.81. The molecule has 0 radical (unpaired) electrons. The van der Waals surface area contributed by atoms with E-state index in [-0.39, 0.29) is 11.4 Å². The van der Waals surface area contributed by atoms with E-state index >= 15 is 0 Å². The van der Waals surface area contributed by atoms with Gasteiger partial charge < -0.3 is 9.84 Å². The second kappa shape index (κ2) is 6.92. The van der Waals surface area contributed by atoms with Gasteiger partial charge in [-0.3, -0.25) is 4.79 Å². The molecule has 0 spiro atoms. The van der Waals surface area contributed by atoms with E-state index in [1.807, 2.05) is 30.3 Å². The van der Waals surface area contributed by atoms with Crippen molar-refractivity contribution in [2.75, 3.05) is 5.32 Å². The van der Waals surface area contributed by atoms with Crippen molar-refractivity contribution in [2.24, 2.45) is 0 Å². The molecular formula is C20H13BrFN3O2. The summed E-state index contributed by atoms with van der Waals surface area (Å²) in [6, 6.07) is 15.5. The van der Waals surface area contributed by atoms with Gasteiger partial charge in [-0.25, -0.2) is 9.37 Å². The molecule has 2 aromatic carbocycles. The van der Waals surface area contributed by atoms with E-state index < -0.39 is 11.7 Å². The highest BCUT2D eigenvalue weighted by Gasteiger charge is 2.20. The van der Waals surface area contributed by atoms with Crippen LogP contribution < -0.4 is 5.32 Å². The van der Waals surface area contributed by atoms with E-state index in [0.717, 1.165) is 5.56 Å². The maximum atomic E-state index is 14.1. The van der Waals surface area contributed by atoms with E-state index in [0.29, 0.717) is 26.8 Å². The van der Waals surface area contributed by atoms with Gasteiger partial charge in [0.15, 0.2) is 0 Å². The van der Waals surface area contributed by atoms with Crippen molar-refractivity contribution in [2.45, 2.75) is 6.92 Å². The van der Waals surface area contributed by atoms with Crippen molar-refractivity contribution in [3.05, 3.63) is 76.1 Å². The Labute approximate surface area is 162 Å². The van der Waals surface area contributed by atoms with Crippen LogP contribution in [0.5, 0.6) is 0 Å². The molecule has 0 saturated carbocycles. The SMILES string of the molecule is Cc1noc2nc(-c3ccccc3)cc(C(=O)Nc3ccc(Br)cc3F)c12. The molecule has 0 unspecified atom stereocenters. The fraction of sp³-hybridized carbons (Fsp3) is 0.0500. The zero-order chi connectivity index (χ0) is 19.0. The molecule has 134 valence electrons. The van der Waals surface area contributed by atoms with Gasteiger partial charge in [-0.05, 0) is 31.2 Å². The van der Waals surface area contributed by atoms with E-state index in [4.69, 9.17) is 4.52 Å². The van der Waals surface area contributed by atoms with E-state index in [1.165, 1.54) is 12.1 Å². The van der Waals surface area contributed by atoms with Crippen LogP contribution in [-0.2, 0) is 0 Å². The van der Waals surface area contributed by atoms with Crippen LogP contribution in [0.3, 0.4) is 0 Å². The summed E-state index contributed by atoms with van der Waals surface area (Å²) in [5.41, 5.74) is 2.61. The molecule has 0 aliphatic rings. The summed E-state index contributed by atoms with van der Waals surface area (Å²) < 4.78 is 20.0. The molecule has 2 aromatic heterocycles. The molecule has 1 amide bonds. The monoisotopic (exact) mass is 425 g/mol. The third-order valence-corrected chi connectivity index (χ3v) is 4.60. The van der Waals surface area contributed by atoms with Crippen molar-refractivity contribution in [3.8, 4) is 11.3 Å². The summed E-state index contributed by atoms with van der Waals surface area (Å²) in [6.45, 7) is 1.73. The molecule has 1 N–H and O–H groups in total. The number of pyridine rings is 1. The fourth-order valence-corrected chi connectivity index (χ4v) is 3.14. The van der Waals surface area contributed by atoms with Gasteiger partial charge in [-0.1, -0.05) is 51.4 Å². The molecule has 0 aliphatic heterocycles. The number of nitrogens with one attached hydrogen (secondary N) is 1. The van der Waals surface area contributed by atoms with Gasteiger partial charge in [0.2, 0.25) is 0 Å². The molecule has 4 rings (SSSR count). The average molecular weight is 426 g/mol. The number of halogens is 2. The van der Waals surface area contributed by atoms with E-state index in [2.05, 4.69) is 31.4 Å². The standard InChI is InChI=1S/C20H13BrFN3O2/c1-11-18-14(19(26)23-16-8-7-13(21)9-15(16)22)10-17(24-20(18)27-25-11)12-5-3-2-4-6-12/h2-10H,1H3,(H,23,26). The number of carbonyl (C=O) groups excluding carboxylic acids is 1. The molecule has 0 fully saturated rings. The van der Waals surface area contributed by atoms with Crippen molar-refractivity contribution < 1.29 is 13.7 Å². The molecule has 4 aromatic rings. The van der Waals surface area contributed by atoms with Crippen LogP contribution >= 0.6 is 15.9 Å². The Bertz CT molecular complexity index is 1160. The Kier molecular flexibility index (Phi) is 4.45. The number of aryl methyl sites for hydroxylation is 1. The van der Waals surface area contributed by atoms with Gasteiger partial charge >= 0.3 is 0 Å². The topological polar surface area (TPSA) is 68.0 Å². The highest BCUT2D eigenvalue weighted by atomic mass is 79.9. The Morgan fingerprint density at radius 2 is 1.93 bits per heavy atom. The number of aromatic nitrogens is 2. The van der Waals surface area contributed by atoms with Crippen molar-refractivity contribution in [1.82, 2.24) is 10.1 Å². The Morgan fingerprint density at radius 3 is 2.67 bits per heavy atom. The summed E-state index contributed by atoms with van der Waals surface area (Å²) in [7, 11) is 0. The van der Waals surface area contributed by atoms with Crippen LogP contribution in [-0.4, -0.2) is 16.0 Å². The zero-order valence-corrected chi connectivity index (χ0v) is 15.7. The maximum Gasteiger partial charge on any atom is 0.259 e. The molecule has 0 saturated heterocycles. The second-order valence-electron chi connectivity index (χ2n) is 5.95. The summed E-state index contributed by atoms with van der Waals surface area (Å²) in [4.78, 5) is 17.4. The molecule has 0 aliphatic carbocycles. The largest absolute Gasteiger partial charge is 0.335 e. The van der Waals surface area contributed by atoms with Gasteiger partial charge in [0.05, 0.1) is 28.0 Å². The molecule has 0 atom stereocenters. The zero-order valence-electron chi connectivity index (χ0n) is 14.2. The van der Waals surface area contributed by atoms with Crippen LogP contribution in [0.1, 0.15) is 16.1 Å². The number of benzene rings is 2. The third-order valence-electron chi connectivity index (χ3n) is 4.11. The predicted molar refractivity (Wildman–Crippen MR) is 104 cm³/mol. The number of rotatable bonds is 3. The number of hydrogen-bond acceptors (Lipinski definition) is 4. The van der Waals surface area contributed by atoms with Crippen LogP contribution in [0.15, 0.2) is 63.6 Å². The number of fused-ring (bicyclic) bond motifs is 1. The van der Waals surface area contributed by atoms with Crippen LogP contribution in [0.25, 0.3) is 22.4 Å². The molecule has 27 heavy (non-hydrogen) atoms. The van der Waals surface area contributed by atoms with Crippen LogP contribution in [0.4, 0.5) is 10.1 Å². The minimum absolute atomic E-state index is 0.0866. The quantitative estimate of drug-likeness (QED) is 0.480. The summed E-state index contributed by atoms with van der Waals surface area (Å²) in [6.07, 6.45) is 0. The molecule has 5 nitrogen and oxygen atoms in total. The van der Waals surface area contributed by atoms with Gasteiger partial charge in [-0.15, -0.1) is 0 Å². The summed E-state index contributed by atoms with van der Waals surface area (Å²) in [5.74, 6) is -1.000. The van der Waals surface area contributed by atoms with Gasteiger partial charge in [-0.2, -0.15) is 0 Å². The van der Waals surface area contributed by atoms with Crippen molar-refractivity contribution in [3.63, 3.8) is 0 Å². The number of nitrogens with zero attached hydrogens (tertiary/aromatic N) is 2. The first-order valence-electron chi connectivity index (χ1n) is 8.12. The van der Waals surface area contributed by atoms with Crippen LogP contribution in [0.2, 0.25) is 0 Å². The Morgan fingerprint density at radius 1 is 1.15 bits per heavy atom.